The van der Waals surface area contributed by atoms with Gasteiger partial charge in [-0.05, 0) is 39.2 Å². The minimum Gasteiger partial charge on any atom is -0.356 e. The SMILES string of the molecule is CC(=O)NCCC1CCCN1c1nc(C)cc(C)n1. The van der Waals surface area contributed by atoms with Gasteiger partial charge in [-0.25, -0.2) is 9.97 Å². The summed E-state index contributed by atoms with van der Waals surface area (Å²) in [4.78, 5) is 22.3. The van der Waals surface area contributed by atoms with Gasteiger partial charge < -0.3 is 10.2 Å². The summed E-state index contributed by atoms with van der Waals surface area (Å²) in [6.07, 6.45) is 3.27. The minimum atomic E-state index is 0.0344. The third kappa shape index (κ3) is 3.66. The summed E-state index contributed by atoms with van der Waals surface area (Å²) in [5.41, 5.74) is 2.02. The molecule has 1 unspecified atom stereocenters. The summed E-state index contributed by atoms with van der Waals surface area (Å²) in [7, 11) is 0. The second-order valence-electron chi connectivity index (χ2n) is 5.21. The van der Waals surface area contributed by atoms with Crippen molar-refractivity contribution in [3.63, 3.8) is 0 Å². The van der Waals surface area contributed by atoms with Crippen molar-refractivity contribution in [2.45, 2.75) is 46.1 Å². The number of hydrogen-bond acceptors (Lipinski definition) is 4. The second-order valence-corrected chi connectivity index (χ2v) is 5.21. The molecule has 0 spiro atoms. The normalized spacial score (nSPS) is 18.7. The Morgan fingerprint density at radius 1 is 1.42 bits per heavy atom. The first-order chi connectivity index (χ1) is 9.06. The average Bonchev–Trinajstić information content (AvgIpc) is 2.75. The maximum atomic E-state index is 10.9. The molecule has 1 aromatic heterocycles. The molecule has 5 nitrogen and oxygen atoms in total. The quantitative estimate of drug-likeness (QED) is 0.895. The molecule has 0 saturated carbocycles. The van der Waals surface area contributed by atoms with E-state index >= 15 is 0 Å². The molecule has 2 heterocycles. The van der Waals surface area contributed by atoms with Gasteiger partial charge in [0.05, 0.1) is 0 Å². The van der Waals surface area contributed by atoms with Crippen LogP contribution in [0.1, 0.15) is 37.6 Å². The highest BCUT2D eigenvalue weighted by Gasteiger charge is 2.26. The zero-order valence-electron chi connectivity index (χ0n) is 11.9. The fraction of sp³-hybridized carbons (Fsp3) is 0.643. The number of rotatable bonds is 4. The molecule has 1 N–H and O–H groups in total. The lowest BCUT2D eigenvalue weighted by Crippen LogP contribution is -2.34. The van der Waals surface area contributed by atoms with Crippen LogP contribution in [0.2, 0.25) is 0 Å². The molecule has 0 radical (unpaired) electrons. The first kappa shape index (κ1) is 13.8. The van der Waals surface area contributed by atoms with Crippen molar-refractivity contribution in [2.75, 3.05) is 18.0 Å². The predicted octanol–water partition coefficient (Wildman–Crippen LogP) is 1.59. The first-order valence-electron chi connectivity index (χ1n) is 6.89. The number of anilines is 1. The zero-order chi connectivity index (χ0) is 13.8. The standard InChI is InChI=1S/C14H22N4O/c1-10-9-11(2)17-14(16-10)18-8-4-5-13(18)6-7-15-12(3)19/h9,13H,4-8H2,1-3H3,(H,15,19). The largest absolute Gasteiger partial charge is 0.356 e. The lowest BCUT2D eigenvalue weighted by atomic mass is 10.1. The van der Waals surface area contributed by atoms with E-state index in [0.717, 1.165) is 43.3 Å². The fourth-order valence-corrected chi connectivity index (χ4v) is 2.65. The Bertz CT molecular complexity index is 441. The molecule has 1 atom stereocenters. The van der Waals surface area contributed by atoms with Crippen molar-refractivity contribution in [2.24, 2.45) is 0 Å². The van der Waals surface area contributed by atoms with Crippen LogP contribution in [-0.4, -0.2) is 35.0 Å². The third-order valence-electron chi connectivity index (χ3n) is 3.46. The van der Waals surface area contributed by atoms with Crippen LogP contribution in [0, 0.1) is 13.8 Å². The lowest BCUT2D eigenvalue weighted by molar-refractivity contribution is -0.118. The van der Waals surface area contributed by atoms with E-state index in [1.165, 1.54) is 6.42 Å². The molecule has 1 amide bonds. The van der Waals surface area contributed by atoms with Crippen LogP contribution in [0.15, 0.2) is 6.07 Å². The minimum absolute atomic E-state index is 0.0344. The van der Waals surface area contributed by atoms with Gasteiger partial charge in [0.1, 0.15) is 0 Å². The topological polar surface area (TPSA) is 58.1 Å². The Labute approximate surface area is 114 Å². The highest BCUT2D eigenvalue weighted by molar-refractivity contribution is 5.72. The third-order valence-corrected chi connectivity index (χ3v) is 3.46. The smallest absolute Gasteiger partial charge is 0.226 e. The fourth-order valence-electron chi connectivity index (χ4n) is 2.65. The molecule has 19 heavy (non-hydrogen) atoms. The number of carbonyl (C=O) groups is 1. The molecule has 1 saturated heterocycles. The molecule has 1 aromatic rings. The van der Waals surface area contributed by atoms with Crippen LogP contribution < -0.4 is 10.2 Å². The van der Waals surface area contributed by atoms with Crippen LogP contribution in [-0.2, 0) is 4.79 Å². The summed E-state index contributed by atoms with van der Waals surface area (Å²) in [5.74, 6) is 0.870. The van der Waals surface area contributed by atoms with Crippen molar-refractivity contribution in [1.82, 2.24) is 15.3 Å². The Kier molecular flexibility index (Phi) is 4.35. The van der Waals surface area contributed by atoms with Gasteiger partial charge in [0.2, 0.25) is 11.9 Å². The Hall–Kier alpha value is -1.65. The predicted molar refractivity (Wildman–Crippen MR) is 75.2 cm³/mol. The molecule has 0 aromatic carbocycles. The number of nitrogens with zero attached hydrogens (tertiary/aromatic N) is 3. The summed E-state index contributed by atoms with van der Waals surface area (Å²) in [6.45, 7) is 7.29. The monoisotopic (exact) mass is 262 g/mol. The molecule has 104 valence electrons. The van der Waals surface area contributed by atoms with E-state index in [2.05, 4.69) is 20.2 Å². The van der Waals surface area contributed by atoms with E-state index in [4.69, 9.17) is 0 Å². The van der Waals surface area contributed by atoms with E-state index in [1.54, 1.807) is 6.92 Å². The van der Waals surface area contributed by atoms with Crippen molar-refractivity contribution < 1.29 is 4.79 Å². The van der Waals surface area contributed by atoms with Crippen molar-refractivity contribution in [3.05, 3.63) is 17.5 Å². The molecule has 0 bridgehead atoms. The molecule has 1 fully saturated rings. The van der Waals surface area contributed by atoms with E-state index in [9.17, 15) is 4.79 Å². The van der Waals surface area contributed by atoms with Gasteiger partial charge in [0.15, 0.2) is 0 Å². The highest BCUT2D eigenvalue weighted by atomic mass is 16.1. The summed E-state index contributed by atoms with van der Waals surface area (Å²) in [6, 6.07) is 2.43. The molecular weight excluding hydrogens is 240 g/mol. The number of aromatic nitrogens is 2. The summed E-state index contributed by atoms with van der Waals surface area (Å²) >= 11 is 0. The van der Waals surface area contributed by atoms with E-state index in [1.807, 2.05) is 19.9 Å². The average molecular weight is 262 g/mol. The highest BCUT2D eigenvalue weighted by Crippen LogP contribution is 2.24. The van der Waals surface area contributed by atoms with E-state index in [0.29, 0.717) is 6.04 Å². The number of amides is 1. The molecule has 5 heteroatoms. The molecule has 2 rings (SSSR count). The lowest BCUT2D eigenvalue weighted by Gasteiger charge is -2.25. The Morgan fingerprint density at radius 2 is 2.11 bits per heavy atom. The van der Waals surface area contributed by atoms with Gasteiger partial charge in [-0.3, -0.25) is 4.79 Å². The number of aryl methyl sites for hydroxylation is 2. The van der Waals surface area contributed by atoms with Gasteiger partial charge in [-0.2, -0.15) is 0 Å². The molecular formula is C14H22N4O. The Balaban J connectivity index is 2.03. The molecule has 1 aliphatic rings. The van der Waals surface area contributed by atoms with Gasteiger partial charge in [-0.15, -0.1) is 0 Å². The van der Waals surface area contributed by atoms with Crippen molar-refractivity contribution >= 4 is 11.9 Å². The first-order valence-corrected chi connectivity index (χ1v) is 6.89. The van der Waals surface area contributed by atoms with Crippen molar-refractivity contribution in [3.8, 4) is 0 Å². The molecule has 1 aliphatic heterocycles. The number of nitrogens with one attached hydrogen (secondary N) is 1. The maximum absolute atomic E-state index is 10.9. The van der Waals surface area contributed by atoms with Crippen molar-refractivity contribution in [1.29, 1.82) is 0 Å². The second kappa shape index (κ2) is 5.99. The van der Waals surface area contributed by atoms with Gasteiger partial charge in [0.25, 0.3) is 0 Å². The zero-order valence-corrected chi connectivity index (χ0v) is 11.9. The van der Waals surface area contributed by atoms with Gasteiger partial charge in [-0.1, -0.05) is 0 Å². The number of carbonyl (C=O) groups excluding carboxylic acids is 1. The summed E-state index contributed by atoms with van der Waals surface area (Å²) < 4.78 is 0. The summed E-state index contributed by atoms with van der Waals surface area (Å²) in [5, 5.41) is 2.86. The van der Waals surface area contributed by atoms with E-state index in [-0.39, 0.29) is 5.91 Å². The Morgan fingerprint density at radius 3 is 2.74 bits per heavy atom. The maximum Gasteiger partial charge on any atom is 0.226 e. The molecule has 0 aliphatic carbocycles. The van der Waals surface area contributed by atoms with Crippen LogP contribution in [0.3, 0.4) is 0 Å². The van der Waals surface area contributed by atoms with Crippen LogP contribution >= 0.6 is 0 Å². The van der Waals surface area contributed by atoms with Crippen LogP contribution in [0.4, 0.5) is 5.95 Å². The van der Waals surface area contributed by atoms with E-state index < -0.39 is 0 Å². The number of hydrogen-bond donors (Lipinski definition) is 1. The van der Waals surface area contributed by atoms with Gasteiger partial charge in [0, 0.05) is 37.4 Å². The van der Waals surface area contributed by atoms with Crippen LogP contribution in [0.25, 0.3) is 0 Å². The van der Waals surface area contributed by atoms with Gasteiger partial charge >= 0.3 is 0 Å². The van der Waals surface area contributed by atoms with Crippen LogP contribution in [0.5, 0.6) is 0 Å².